The minimum atomic E-state index is -0.732. The SMILES string of the molecule is CC(C)N(Cc1cccs1)C(C)CC(=O)O. The molecule has 0 aliphatic carbocycles. The lowest BCUT2D eigenvalue weighted by atomic mass is 10.1. The van der Waals surface area contributed by atoms with Crippen LogP contribution in [-0.4, -0.2) is 28.1 Å². The first-order chi connectivity index (χ1) is 7.50. The van der Waals surface area contributed by atoms with E-state index in [9.17, 15) is 4.79 Å². The van der Waals surface area contributed by atoms with Gasteiger partial charge in [0.15, 0.2) is 0 Å². The Morgan fingerprint density at radius 2 is 2.19 bits per heavy atom. The Hall–Kier alpha value is -0.870. The summed E-state index contributed by atoms with van der Waals surface area (Å²) in [5, 5.41) is 10.9. The van der Waals surface area contributed by atoms with Crippen molar-refractivity contribution in [3.05, 3.63) is 22.4 Å². The molecule has 0 fully saturated rings. The number of carboxylic acids is 1. The first-order valence-corrected chi connectivity index (χ1v) is 6.38. The van der Waals surface area contributed by atoms with Crippen LogP contribution in [0.1, 0.15) is 32.1 Å². The molecule has 1 atom stereocenters. The highest BCUT2D eigenvalue weighted by Crippen LogP contribution is 2.17. The van der Waals surface area contributed by atoms with E-state index in [1.165, 1.54) is 4.88 Å². The molecule has 0 aliphatic rings. The van der Waals surface area contributed by atoms with Crippen LogP contribution in [0, 0.1) is 0 Å². The Kier molecular flexibility index (Phi) is 4.96. The number of rotatable bonds is 6. The normalized spacial score (nSPS) is 13.3. The first-order valence-electron chi connectivity index (χ1n) is 5.50. The van der Waals surface area contributed by atoms with E-state index in [-0.39, 0.29) is 12.5 Å². The Morgan fingerprint density at radius 1 is 1.50 bits per heavy atom. The van der Waals surface area contributed by atoms with Crippen molar-refractivity contribution in [2.45, 2.75) is 45.8 Å². The van der Waals surface area contributed by atoms with Gasteiger partial charge < -0.3 is 5.11 Å². The molecule has 1 rings (SSSR count). The van der Waals surface area contributed by atoms with Crippen LogP contribution in [0.25, 0.3) is 0 Å². The molecule has 1 unspecified atom stereocenters. The quantitative estimate of drug-likeness (QED) is 0.832. The predicted octanol–water partition coefficient (Wildman–Crippen LogP) is 2.82. The smallest absolute Gasteiger partial charge is 0.304 e. The average Bonchev–Trinajstić information content (AvgIpc) is 2.64. The van der Waals surface area contributed by atoms with E-state index in [4.69, 9.17) is 5.11 Å². The van der Waals surface area contributed by atoms with Crippen molar-refractivity contribution in [1.29, 1.82) is 0 Å². The molecule has 16 heavy (non-hydrogen) atoms. The molecule has 1 aromatic heterocycles. The molecule has 0 saturated heterocycles. The van der Waals surface area contributed by atoms with Crippen LogP contribution in [0.15, 0.2) is 17.5 Å². The Balaban J connectivity index is 2.63. The number of hydrogen-bond donors (Lipinski definition) is 1. The van der Waals surface area contributed by atoms with Gasteiger partial charge in [-0.05, 0) is 32.2 Å². The van der Waals surface area contributed by atoms with Crippen LogP contribution >= 0.6 is 11.3 Å². The van der Waals surface area contributed by atoms with E-state index in [0.717, 1.165) is 6.54 Å². The molecule has 90 valence electrons. The average molecular weight is 241 g/mol. The maximum atomic E-state index is 10.7. The number of carbonyl (C=O) groups is 1. The van der Waals surface area contributed by atoms with Gasteiger partial charge in [0.2, 0.25) is 0 Å². The van der Waals surface area contributed by atoms with Gasteiger partial charge in [-0.2, -0.15) is 0 Å². The predicted molar refractivity (Wildman–Crippen MR) is 66.7 cm³/mol. The lowest BCUT2D eigenvalue weighted by Crippen LogP contribution is -2.39. The summed E-state index contributed by atoms with van der Waals surface area (Å²) in [6, 6.07) is 4.55. The molecule has 0 radical (unpaired) electrons. The second-order valence-electron chi connectivity index (χ2n) is 4.29. The third-order valence-corrected chi connectivity index (χ3v) is 3.48. The van der Waals surface area contributed by atoms with E-state index < -0.39 is 5.97 Å². The van der Waals surface area contributed by atoms with Crippen molar-refractivity contribution >= 4 is 17.3 Å². The summed E-state index contributed by atoms with van der Waals surface area (Å²) in [4.78, 5) is 14.2. The van der Waals surface area contributed by atoms with Gasteiger partial charge in [-0.3, -0.25) is 9.69 Å². The fourth-order valence-corrected chi connectivity index (χ4v) is 2.51. The van der Waals surface area contributed by atoms with Crippen molar-refractivity contribution in [3.8, 4) is 0 Å². The molecule has 0 bridgehead atoms. The van der Waals surface area contributed by atoms with Crippen molar-refractivity contribution in [2.75, 3.05) is 0 Å². The largest absolute Gasteiger partial charge is 0.481 e. The molecule has 0 aromatic carbocycles. The van der Waals surface area contributed by atoms with E-state index in [2.05, 4.69) is 30.2 Å². The zero-order chi connectivity index (χ0) is 12.1. The van der Waals surface area contributed by atoms with Crippen LogP contribution in [0.3, 0.4) is 0 Å². The van der Waals surface area contributed by atoms with E-state index in [0.29, 0.717) is 6.04 Å². The number of nitrogens with zero attached hydrogens (tertiary/aromatic N) is 1. The van der Waals surface area contributed by atoms with Gasteiger partial charge in [0.1, 0.15) is 0 Å². The number of aliphatic carboxylic acids is 1. The monoisotopic (exact) mass is 241 g/mol. The Labute approximate surface area is 101 Å². The van der Waals surface area contributed by atoms with Gasteiger partial charge in [0, 0.05) is 23.5 Å². The summed E-state index contributed by atoms with van der Waals surface area (Å²) in [5.41, 5.74) is 0. The highest BCUT2D eigenvalue weighted by Gasteiger charge is 2.19. The summed E-state index contributed by atoms with van der Waals surface area (Å²) in [6.45, 7) is 7.02. The Bertz CT molecular complexity index is 322. The summed E-state index contributed by atoms with van der Waals surface area (Å²) in [6.07, 6.45) is 0.198. The van der Waals surface area contributed by atoms with Gasteiger partial charge in [-0.25, -0.2) is 0 Å². The lowest BCUT2D eigenvalue weighted by molar-refractivity contribution is -0.138. The first kappa shape index (κ1) is 13.2. The Morgan fingerprint density at radius 3 is 2.62 bits per heavy atom. The molecule has 0 spiro atoms. The van der Waals surface area contributed by atoms with Crippen molar-refractivity contribution < 1.29 is 9.90 Å². The zero-order valence-corrected chi connectivity index (χ0v) is 10.8. The van der Waals surface area contributed by atoms with Crippen LogP contribution in [0.5, 0.6) is 0 Å². The third kappa shape index (κ3) is 3.94. The van der Waals surface area contributed by atoms with Crippen LogP contribution in [0.4, 0.5) is 0 Å². The summed E-state index contributed by atoms with van der Waals surface area (Å²) in [7, 11) is 0. The summed E-state index contributed by atoms with van der Waals surface area (Å²) >= 11 is 1.72. The van der Waals surface area contributed by atoms with Gasteiger partial charge >= 0.3 is 5.97 Å². The van der Waals surface area contributed by atoms with Crippen molar-refractivity contribution in [3.63, 3.8) is 0 Å². The van der Waals surface area contributed by atoms with E-state index in [1.54, 1.807) is 11.3 Å². The zero-order valence-electron chi connectivity index (χ0n) is 10.0. The van der Waals surface area contributed by atoms with Gasteiger partial charge in [0.25, 0.3) is 0 Å². The van der Waals surface area contributed by atoms with Gasteiger partial charge in [-0.15, -0.1) is 11.3 Å². The van der Waals surface area contributed by atoms with E-state index >= 15 is 0 Å². The molecule has 3 nitrogen and oxygen atoms in total. The number of hydrogen-bond acceptors (Lipinski definition) is 3. The molecular formula is C12H19NO2S. The summed E-state index contributed by atoms with van der Waals surface area (Å²) in [5.74, 6) is -0.732. The molecule has 0 amide bonds. The second kappa shape index (κ2) is 6.01. The summed E-state index contributed by atoms with van der Waals surface area (Å²) < 4.78 is 0. The van der Waals surface area contributed by atoms with Crippen LogP contribution < -0.4 is 0 Å². The van der Waals surface area contributed by atoms with Crippen LogP contribution in [-0.2, 0) is 11.3 Å². The molecule has 0 aliphatic heterocycles. The standard InChI is InChI=1S/C12H19NO2S/c1-9(2)13(10(3)7-12(14)15)8-11-5-4-6-16-11/h4-6,9-10H,7-8H2,1-3H3,(H,14,15). The lowest BCUT2D eigenvalue weighted by Gasteiger charge is -2.31. The van der Waals surface area contributed by atoms with Gasteiger partial charge in [-0.1, -0.05) is 6.07 Å². The maximum Gasteiger partial charge on any atom is 0.304 e. The molecule has 4 heteroatoms. The number of carboxylic acid groups (broad SMARTS) is 1. The van der Waals surface area contributed by atoms with E-state index in [1.807, 2.05) is 13.0 Å². The van der Waals surface area contributed by atoms with Crippen molar-refractivity contribution in [1.82, 2.24) is 4.90 Å². The highest BCUT2D eigenvalue weighted by molar-refractivity contribution is 7.09. The fourth-order valence-electron chi connectivity index (χ4n) is 1.80. The molecular weight excluding hydrogens is 222 g/mol. The van der Waals surface area contributed by atoms with Gasteiger partial charge in [0.05, 0.1) is 6.42 Å². The minimum Gasteiger partial charge on any atom is -0.481 e. The number of thiophene rings is 1. The topological polar surface area (TPSA) is 40.5 Å². The second-order valence-corrected chi connectivity index (χ2v) is 5.32. The molecule has 0 saturated carbocycles. The maximum absolute atomic E-state index is 10.7. The molecule has 1 aromatic rings. The van der Waals surface area contributed by atoms with Crippen molar-refractivity contribution in [2.24, 2.45) is 0 Å². The van der Waals surface area contributed by atoms with Crippen LogP contribution in [0.2, 0.25) is 0 Å². The molecule has 1 N–H and O–H groups in total. The molecule has 1 heterocycles. The fraction of sp³-hybridized carbons (Fsp3) is 0.583. The third-order valence-electron chi connectivity index (χ3n) is 2.62. The minimum absolute atomic E-state index is 0.0691. The highest BCUT2D eigenvalue weighted by atomic mass is 32.1.